The summed E-state index contributed by atoms with van der Waals surface area (Å²) < 4.78 is 18.7. The van der Waals surface area contributed by atoms with Gasteiger partial charge in [-0.15, -0.1) is 0 Å². The van der Waals surface area contributed by atoms with Gasteiger partial charge in [0, 0.05) is 37.6 Å². The predicted octanol–water partition coefficient (Wildman–Crippen LogP) is 1.83. The number of nitrogens with one attached hydrogen (secondary N) is 2. The maximum absolute atomic E-state index is 13.0. The lowest BCUT2D eigenvalue weighted by molar-refractivity contribution is -0.121. The van der Waals surface area contributed by atoms with Gasteiger partial charge in [-0.3, -0.25) is 4.79 Å². The molecule has 0 radical (unpaired) electrons. The Kier molecular flexibility index (Phi) is 7.62. The van der Waals surface area contributed by atoms with Crippen LogP contribution in [0.1, 0.15) is 12.0 Å². The van der Waals surface area contributed by atoms with Crippen LogP contribution in [0.25, 0.3) is 0 Å². The van der Waals surface area contributed by atoms with Crippen LogP contribution in [0.3, 0.4) is 0 Å². The van der Waals surface area contributed by atoms with E-state index >= 15 is 0 Å². The predicted molar refractivity (Wildman–Crippen MR) is 75.3 cm³/mol. The summed E-state index contributed by atoms with van der Waals surface area (Å²) in [4.78, 5) is 11.4. The number of benzene rings is 1. The van der Waals surface area contributed by atoms with Gasteiger partial charge in [0.15, 0.2) is 0 Å². The van der Waals surface area contributed by atoms with Crippen LogP contribution in [0.5, 0.6) is 0 Å². The first-order valence-electron chi connectivity index (χ1n) is 6.03. The maximum Gasteiger partial charge on any atom is 0.221 e. The minimum atomic E-state index is -0.266. The Morgan fingerprint density at radius 1 is 1.42 bits per heavy atom. The van der Waals surface area contributed by atoms with Gasteiger partial charge in [0.05, 0.1) is 6.61 Å². The number of halogens is 2. The zero-order valence-corrected chi connectivity index (χ0v) is 12.4. The third kappa shape index (κ3) is 6.66. The van der Waals surface area contributed by atoms with Crippen molar-refractivity contribution in [1.82, 2.24) is 10.6 Å². The molecule has 0 fully saturated rings. The van der Waals surface area contributed by atoms with E-state index in [4.69, 9.17) is 4.74 Å². The van der Waals surface area contributed by atoms with E-state index in [2.05, 4.69) is 26.6 Å². The fourth-order valence-corrected chi connectivity index (χ4v) is 1.87. The second kappa shape index (κ2) is 9.01. The highest BCUT2D eigenvalue weighted by molar-refractivity contribution is 9.10. The highest BCUT2D eigenvalue weighted by Gasteiger charge is 2.03. The molecule has 1 aromatic rings. The molecule has 0 aliphatic carbocycles. The standard InChI is InChI=1S/C13H18BrFN2O2/c1-19-7-6-17-13(18)4-5-16-9-10-8-11(15)2-3-12(10)14/h2-3,8,16H,4-7,9H2,1H3,(H,17,18). The lowest BCUT2D eigenvalue weighted by Crippen LogP contribution is -2.30. The molecule has 4 nitrogen and oxygen atoms in total. The van der Waals surface area contributed by atoms with Gasteiger partial charge in [0.2, 0.25) is 5.91 Å². The van der Waals surface area contributed by atoms with E-state index in [0.29, 0.717) is 32.7 Å². The van der Waals surface area contributed by atoms with E-state index in [1.807, 2.05) is 0 Å². The average Bonchev–Trinajstić information content (AvgIpc) is 2.39. The minimum absolute atomic E-state index is 0.0251. The fraction of sp³-hybridized carbons (Fsp3) is 0.462. The van der Waals surface area contributed by atoms with Gasteiger partial charge in [0.1, 0.15) is 5.82 Å². The molecule has 19 heavy (non-hydrogen) atoms. The Labute approximate surface area is 120 Å². The molecule has 0 bridgehead atoms. The van der Waals surface area contributed by atoms with Crippen molar-refractivity contribution in [2.45, 2.75) is 13.0 Å². The first-order valence-corrected chi connectivity index (χ1v) is 6.83. The normalized spacial score (nSPS) is 10.5. The SMILES string of the molecule is COCCNC(=O)CCNCc1cc(F)ccc1Br. The van der Waals surface area contributed by atoms with Crippen molar-refractivity contribution in [3.63, 3.8) is 0 Å². The van der Waals surface area contributed by atoms with E-state index in [1.54, 1.807) is 13.2 Å². The van der Waals surface area contributed by atoms with Crippen LogP contribution in [0.4, 0.5) is 4.39 Å². The average molecular weight is 333 g/mol. The summed E-state index contributed by atoms with van der Waals surface area (Å²) in [5.74, 6) is -0.292. The molecule has 0 saturated carbocycles. The highest BCUT2D eigenvalue weighted by atomic mass is 79.9. The van der Waals surface area contributed by atoms with Crippen molar-refractivity contribution in [2.24, 2.45) is 0 Å². The summed E-state index contributed by atoms with van der Waals surface area (Å²) in [5.41, 5.74) is 0.833. The van der Waals surface area contributed by atoms with Gasteiger partial charge in [-0.2, -0.15) is 0 Å². The van der Waals surface area contributed by atoms with Crippen molar-refractivity contribution in [2.75, 3.05) is 26.8 Å². The quantitative estimate of drug-likeness (QED) is 0.714. The number of hydrogen-bond donors (Lipinski definition) is 2. The molecule has 1 amide bonds. The third-order valence-corrected chi connectivity index (χ3v) is 3.25. The highest BCUT2D eigenvalue weighted by Crippen LogP contribution is 2.17. The number of rotatable bonds is 8. The van der Waals surface area contributed by atoms with Gasteiger partial charge >= 0.3 is 0 Å². The van der Waals surface area contributed by atoms with Crippen LogP contribution in [-0.2, 0) is 16.1 Å². The maximum atomic E-state index is 13.0. The van der Waals surface area contributed by atoms with E-state index in [-0.39, 0.29) is 11.7 Å². The number of hydrogen-bond acceptors (Lipinski definition) is 3. The number of amides is 1. The smallest absolute Gasteiger partial charge is 0.221 e. The van der Waals surface area contributed by atoms with Gasteiger partial charge in [-0.1, -0.05) is 15.9 Å². The lowest BCUT2D eigenvalue weighted by Gasteiger charge is -2.07. The number of ether oxygens (including phenoxy) is 1. The van der Waals surface area contributed by atoms with Crippen LogP contribution >= 0.6 is 15.9 Å². The molecule has 106 valence electrons. The molecule has 1 aromatic carbocycles. The van der Waals surface area contributed by atoms with Gasteiger partial charge in [0.25, 0.3) is 0 Å². The Morgan fingerprint density at radius 3 is 2.95 bits per heavy atom. The molecule has 2 N–H and O–H groups in total. The molecule has 0 heterocycles. The molecule has 6 heteroatoms. The fourth-order valence-electron chi connectivity index (χ4n) is 1.48. The summed E-state index contributed by atoms with van der Waals surface area (Å²) in [7, 11) is 1.59. The molecule has 0 unspecified atom stereocenters. The Balaban J connectivity index is 2.20. The molecule has 0 atom stereocenters. The Morgan fingerprint density at radius 2 is 2.21 bits per heavy atom. The first-order chi connectivity index (χ1) is 9.13. The van der Waals surface area contributed by atoms with Crippen LogP contribution in [0.2, 0.25) is 0 Å². The number of carbonyl (C=O) groups is 1. The third-order valence-electron chi connectivity index (χ3n) is 2.48. The van der Waals surface area contributed by atoms with Gasteiger partial charge < -0.3 is 15.4 Å². The Hall–Kier alpha value is -0.980. The summed E-state index contributed by atoms with van der Waals surface area (Å²) in [6.45, 7) is 2.09. The molecular weight excluding hydrogens is 315 g/mol. The van der Waals surface area contributed by atoms with E-state index < -0.39 is 0 Å². The van der Waals surface area contributed by atoms with E-state index in [0.717, 1.165) is 10.0 Å². The topological polar surface area (TPSA) is 50.4 Å². The molecular formula is C13H18BrFN2O2. The van der Waals surface area contributed by atoms with Gasteiger partial charge in [-0.25, -0.2) is 4.39 Å². The van der Waals surface area contributed by atoms with E-state index in [1.165, 1.54) is 12.1 Å². The largest absolute Gasteiger partial charge is 0.383 e. The molecule has 0 spiro atoms. The summed E-state index contributed by atoms with van der Waals surface area (Å²) in [6, 6.07) is 4.54. The van der Waals surface area contributed by atoms with Crippen molar-refractivity contribution < 1.29 is 13.9 Å². The lowest BCUT2D eigenvalue weighted by atomic mass is 10.2. The summed E-state index contributed by atoms with van der Waals surface area (Å²) in [6.07, 6.45) is 0.386. The second-order valence-electron chi connectivity index (χ2n) is 4.01. The van der Waals surface area contributed by atoms with Crippen LogP contribution in [-0.4, -0.2) is 32.7 Å². The van der Waals surface area contributed by atoms with Crippen molar-refractivity contribution in [3.05, 3.63) is 34.1 Å². The molecule has 0 aliphatic rings. The van der Waals surface area contributed by atoms with Crippen LogP contribution in [0, 0.1) is 5.82 Å². The number of carbonyl (C=O) groups excluding carboxylic acids is 1. The van der Waals surface area contributed by atoms with Crippen LogP contribution in [0.15, 0.2) is 22.7 Å². The monoisotopic (exact) mass is 332 g/mol. The molecule has 0 aliphatic heterocycles. The first kappa shape index (κ1) is 16.1. The Bertz CT molecular complexity index is 416. The van der Waals surface area contributed by atoms with E-state index in [9.17, 15) is 9.18 Å². The molecule has 1 rings (SSSR count). The summed E-state index contributed by atoms with van der Waals surface area (Å²) in [5, 5.41) is 5.83. The summed E-state index contributed by atoms with van der Waals surface area (Å²) >= 11 is 3.35. The van der Waals surface area contributed by atoms with Crippen molar-refractivity contribution in [1.29, 1.82) is 0 Å². The molecule has 0 aromatic heterocycles. The zero-order valence-electron chi connectivity index (χ0n) is 10.8. The van der Waals surface area contributed by atoms with Crippen molar-refractivity contribution >= 4 is 21.8 Å². The molecule has 0 saturated heterocycles. The van der Waals surface area contributed by atoms with Crippen LogP contribution < -0.4 is 10.6 Å². The second-order valence-corrected chi connectivity index (χ2v) is 4.86. The van der Waals surface area contributed by atoms with Gasteiger partial charge in [-0.05, 0) is 23.8 Å². The number of methoxy groups -OCH3 is 1. The zero-order chi connectivity index (χ0) is 14.1. The van der Waals surface area contributed by atoms with Crippen molar-refractivity contribution in [3.8, 4) is 0 Å². The minimum Gasteiger partial charge on any atom is -0.383 e.